The predicted octanol–water partition coefficient (Wildman–Crippen LogP) is 2.46. The first-order chi connectivity index (χ1) is 10.2. The van der Waals surface area contributed by atoms with Crippen molar-refractivity contribution in [2.24, 2.45) is 0 Å². The Morgan fingerprint density at radius 1 is 1.36 bits per heavy atom. The number of aromatic nitrogens is 2. The zero-order chi connectivity index (χ0) is 16.4. The van der Waals surface area contributed by atoms with Gasteiger partial charge in [-0.15, -0.1) is 10.2 Å². The molecule has 0 radical (unpaired) electrons. The van der Waals surface area contributed by atoms with Gasteiger partial charge in [0.15, 0.2) is 0 Å². The first kappa shape index (κ1) is 16.4. The second kappa shape index (κ2) is 6.05. The van der Waals surface area contributed by atoms with Gasteiger partial charge >= 0.3 is 6.03 Å². The largest absolute Gasteiger partial charge is 0.466 e. The Labute approximate surface area is 132 Å². The van der Waals surface area contributed by atoms with Gasteiger partial charge in [-0.2, -0.15) is 0 Å². The number of rotatable bonds is 4. The summed E-state index contributed by atoms with van der Waals surface area (Å²) in [4.78, 5) is 11.9. The summed E-state index contributed by atoms with van der Waals surface area (Å²) in [6, 6.07) is 2.88. The van der Waals surface area contributed by atoms with Crippen LogP contribution in [-0.4, -0.2) is 27.9 Å². The topological polar surface area (TPSA) is 100 Å². The molecule has 3 N–H and O–H groups in total. The predicted molar refractivity (Wildman–Crippen MR) is 83.9 cm³/mol. The minimum Gasteiger partial charge on any atom is -0.466 e. The maximum Gasteiger partial charge on any atom is 0.321 e. The molecule has 0 aromatic carbocycles. The number of anilines is 1. The fraction of sp³-hybridized carbons (Fsp3) is 0.500. The highest BCUT2D eigenvalue weighted by atomic mass is 32.1. The summed E-state index contributed by atoms with van der Waals surface area (Å²) in [5.74, 6) is 0.388. The number of furan rings is 1. The molecule has 0 aliphatic heterocycles. The lowest BCUT2D eigenvalue weighted by Crippen LogP contribution is -2.40. The van der Waals surface area contributed by atoms with Gasteiger partial charge in [-0.25, -0.2) is 4.79 Å². The zero-order valence-electron chi connectivity index (χ0n) is 13.0. The molecule has 0 bridgehead atoms. The van der Waals surface area contributed by atoms with Crippen molar-refractivity contribution >= 4 is 22.5 Å². The van der Waals surface area contributed by atoms with Gasteiger partial charge in [0.1, 0.15) is 16.4 Å². The highest BCUT2D eigenvalue weighted by Crippen LogP contribution is 2.27. The molecule has 120 valence electrons. The van der Waals surface area contributed by atoms with Crippen LogP contribution in [0.1, 0.15) is 38.5 Å². The van der Waals surface area contributed by atoms with E-state index in [4.69, 9.17) is 4.42 Å². The summed E-state index contributed by atoms with van der Waals surface area (Å²) in [6.45, 7) is 7.65. The van der Waals surface area contributed by atoms with Gasteiger partial charge in [-0.1, -0.05) is 32.1 Å². The Morgan fingerprint density at radius 2 is 2.09 bits per heavy atom. The average molecular weight is 324 g/mol. The average Bonchev–Trinajstić information content (AvgIpc) is 3.06. The highest BCUT2D eigenvalue weighted by molar-refractivity contribution is 7.15. The van der Waals surface area contributed by atoms with Gasteiger partial charge in [-0.3, -0.25) is 5.32 Å². The lowest BCUT2D eigenvalue weighted by atomic mass is 9.98. The van der Waals surface area contributed by atoms with Crippen molar-refractivity contribution in [3.63, 3.8) is 0 Å². The summed E-state index contributed by atoms with van der Waals surface area (Å²) < 4.78 is 5.15. The first-order valence-electron chi connectivity index (χ1n) is 6.84. The Bertz CT molecular complexity index is 629. The first-order valence-corrected chi connectivity index (χ1v) is 7.65. The van der Waals surface area contributed by atoms with Crippen molar-refractivity contribution in [2.75, 3.05) is 11.9 Å². The summed E-state index contributed by atoms with van der Waals surface area (Å²) in [5.41, 5.74) is -1.39. The van der Waals surface area contributed by atoms with Crippen LogP contribution in [0.3, 0.4) is 0 Å². The quantitative estimate of drug-likeness (QED) is 0.802. The minimum absolute atomic E-state index is 0.0112. The maximum absolute atomic E-state index is 11.9. The van der Waals surface area contributed by atoms with Crippen molar-refractivity contribution in [3.8, 4) is 0 Å². The van der Waals surface area contributed by atoms with Gasteiger partial charge < -0.3 is 14.8 Å². The van der Waals surface area contributed by atoms with Gasteiger partial charge in [0, 0.05) is 5.41 Å². The molecule has 22 heavy (non-hydrogen) atoms. The number of hydrogen-bond acceptors (Lipinski definition) is 6. The fourth-order valence-corrected chi connectivity index (χ4v) is 2.44. The van der Waals surface area contributed by atoms with E-state index in [0.717, 1.165) is 5.01 Å². The Hall–Kier alpha value is -1.93. The van der Waals surface area contributed by atoms with Crippen molar-refractivity contribution in [3.05, 3.63) is 29.2 Å². The molecule has 0 aliphatic carbocycles. The van der Waals surface area contributed by atoms with E-state index < -0.39 is 11.6 Å². The minimum atomic E-state index is -1.28. The standard InChI is InChI=1S/C14H20N4O3S/c1-13(2,3)10-17-18-12(22-10)16-11(19)15-8-14(4,20)9-6-5-7-21-9/h5-7,20H,8H2,1-4H3,(H2,15,16,18,19). The van der Waals surface area contributed by atoms with E-state index in [1.807, 2.05) is 20.8 Å². The summed E-state index contributed by atoms with van der Waals surface area (Å²) in [6.07, 6.45) is 1.47. The van der Waals surface area contributed by atoms with Crippen LogP contribution in [0.25, 0.3) is 0 Å². The molecule has 2 aromatic rings. The van der Waals surface area contributed by atoms with E-state index in [2.05, 4.69) is 20.8 Å². The number of amides is 2. The number of nitrogens with one attached hydrogen (secondary N) is 2. The molecule has 2 rings (SSSR count). The van der Waals surface area contributed by atoms with Crippen LogP contribution in [0.4, 0.5) is 9.93 Å². The van der Waals surface area contributed by atoms with Crippen molar-refractivity contribution < 1.29 is 14.3 Å². The number of carbonyl (C=O) groups excluding carboxylic acids is 1. The van der Waals surface area contributed by atoms with Crippen molar-refractivity contribution in [2.45, 2.75) is 38.7 Å². The Balaban J connectivity index is 1.90. The molecule has 8 heteroatoms. The molecule has 7 nitrogen and oxygen atoms in total. The van der Waals surface area contributed by atoms with Crippen LogP contribution in [0.5, 0.6) is 0 Å². The third-order valence-electron chi connectivity index (χ3n) is 2.93. The van der Waals surface area contributed by atoms with Crippen LogP contribution in [0, 0.1) is 0 Å². The molecular formula is C14H20N4O3S. The number of carbonyl (C=O) groups is 1. The van der Waals surface area contributed by atoms with Gasteiger partial charge in [0.25, 0.3) is 0 Å². The van der Waals surface area contributed by atoms with E-state index >= 15 is 0 Å². The van der Waals surface area contributed by atoms with Gasteiger partial charge in [-0.05, 0) is 19.1 Å². The van der Waals surface area contributed by atoms with Crippen LogP contribution >= 0.6 is 11.3 Å². The lowest BCUT2D eigenvalue weighted by Gasteiger charge is -2.20. The Kier molecular flexibility index (Phi) is 4.52. The van der Waals surface area contributed by atoms with Gasteiger partial charge in [0.2, 0.25) is 5.13 Å². The molecule has 2 aromatic heterocycles. The van der Waals surface area contributed by atoms with Gasteiger partial charge in [0.05, 0.1) is 12.8 Å². The molecule has 0 aliphatic rings. The maximum atomic E-state index is 11.9. The second-order valence-corrected chi connectivity index (χ2v) is 7.20. The molecule has 0 fully saturated rings. The monoisotopic (exact) mass is 324 g/mol. The SMILES string of the molecule is CC(C)(C)c1nnc(NC(=O)NCC(C)(O)c2ccco2)s1. The smallest absolute Gasteiger partial charge is 0.321 e. The molecular weight excluding hydrogens is 304 g/mol. The molecule has 2 heterocycles. The third-order valence-corrected chi connectivity index (χ3v) is 4.20. The summed E-state index contributed by atoms with van der Waals surface area (Å²) in [7, 11) is 0. The number of nitrogens with zero attached hydrogens (tertiary/aromatic N) is 2. The van der Waals surface area contributed by atoms with E-state index in [0.29, 0.717) is 10.9 Å². The van der Waals surface area contributed by atoms with Crippen molar-refractivity contribution in [1.82, 2.24) is 15.5 Å². The highest BCUT2D eigenvalue weighted by Gasteiger charge is 2.27. The Morgan fingerprint density at radius 3 is 2.64 bits per heavy atom. The lowest BCUT2D eigenvalue weighted by molar-refractivity contribution is 0.0372. The van der Waals surface area contributed by atoms with Crippen molar-refractivity contribution in [1.29, 1.82) is 0 Å². The molecule has 1 unspecified atom stereocenters. The van der Waals surface area contributed by atoms with Crippen LogP contribution in [-0.2, 0) is 11.0 Å². The number of hydrogen-bond donors (Lipinski definition) is 3. The fourth-order valence-electron chi connectivity index (χ4n) is 1.64. The zero-order valence-corrected chi connectivity index (χ0v) is 13.8. The van der Waals surface area contributed by atoms with E-state index in [1.165, 1.54) is 17.6 Å². The number of aliphatic hydroxyl groups is 1. The summed E-state index contributed by atoms with van der Waals surface area (Å²) in [5, 5.41) is 24.7. The molecule has 0 spiro atoms. The molecule has 0 saturated heterocycles. The third kappa shape index (κ3) is 4.05. The van der Waals surface area contributed by atoms with Crippen LogP contribution in [0.2, 0.25) is 0 Å². The van der Waals surface area contributed by atoms with Crippen LogP contribution < -0.4 is 10.6 Å². The van der Waals surface area contributed by atoms with E-state index in [-0.39, 0.29) is 12.0 Å². The second-order valence-electron chi connectivity index (χ2n) is 6.22. The molecule has 1 atom stereocenters. The molecule has 0 saturated carbocycles. The number of urea groups is 1. The van der Waals surface area contributed by atoms with E-state index in [1.54, 1.807) is 19.1 Å². The van der Waals surface area contributed by atoms with Crippen LogP contribution in [0.15, 0.2) is 22.8 Å². The normalized spacial score (nSPS) is 14.4. The van der Waals surface area contributed by atoms with E-state index in [9.17, 15) is 9.90 Å². The molecule has 2 amide bonds. The summed E-state index contributed by atoms with van der Waals surface area (Å²) >= 11 is 1.32.